The van der Waals surface area contributed by atoms with Crippen molar-refractivity contribution in [2.75, 3.05) is 171 Å². The number of aromatic nitrogens is 7. The molecule has 3 saturated heterocycles. The molecule has 1 aliphatic carbocycles. The second kappa shape index (κ2) is 55.4. The molecule has 4 fully saturated rings. The van der Waals surface area contributed by atoms with Crippen molar-refractivity contribution in [1.82, 2.24) is 43.9 Å². The predicted molar refractivity (Wildman–Crippen MR) is 514 cm³/mol. The number of alkyl halides is 3. The Hall–Kier alpha value is -9.46. The number of rotatable bonds is 42. The normalized spacial score (nSPS) is 26.0. The van der Waals surface area contributed by atoms with E-state index in [2.05, 4.69) is 20.3 Å². The summed E-state index contributed by atoms with van der Waals surface area (Å²) in [6, 6.07) is 10.8. The lowest BCUT2D eigenvalue weighted by Crippen LogP contribution is -2.61. The molecule has 4 aromatic heterocycles. The molecule has 2 bridgehead atoms. The van der Waals surface area contributed by atoms with Gasteiger partial charge in [0.15, 0.2) is 5.78 Å². The number of ketones is 3. The number of esters is 1. The number of nitrogens with two attached hydrogens (primary N) is 1. The Bertz CT molecular complexity index is 5160. The number of unbranched alkanes of at least 4 members (excludes halogenated alkanes) is 1. The van der Waals surface area contributed by atoms with Crippen LogP contribution in [0.3, 0.4) is 0 Å². The first-order valence-electron chi connectivity index (χ1n) is 49.2. The number of aliphatic hydroxyl groups is 3. The maximum absolute atomic E-state index is 15.0. The van der Waals surface area contributed by atoms with Gasteiger partial charge in [-0.05, 0) is 162 Å². The number of carbonyl (C=O) groups excluding carboxylic acids is 6. The Morgan fingerprint density at radius 1 is 0.671 bits per heavy atom. The largest absolute Gasteiger partial charge is 0.481 e. The van der Waals surface area contributed by atoms with Crippen LogP contribution in [0.15, 0.2) is 120 Å². The van der Waals surface area contributed by atoms with E-state index >= 15 is 13.2 Å². The Balaban J connectivity index is 0.501. The first-order valence-corrected chi connectivity index (χ1v) is 49.2. The number of piperazine rings is 1. The third-order valence-corrected chi connectivity index (χ3v) is 26.9. The van der Waals surface area contributed by atoms with E-state index in [0.29, 0.717) is 198 Å². The Morgan fingerprint density at radius 2 is 1.34 bits per heavy atom. The molecule has 2 aromatic carbocycles. The second-order valence-corrected chi connectivity index (χ2v) is 37.0. The topological polar surface area (TPSA) is 411 Å². The molecule has 5 aliphatic rings. The highest BCUT2D eigenvalue weighted by molar-refractivity contribution is 6.39. The average molecular weight is 1970 g/mol. The number of halogens is 3. The third-order valence-electron chi connectivity index (χ3n) is 26.9. The van der Waals surface area contributed by atoms with Crippen LogP contribution in [0.25, 0.3) is 38.8 Å². The fourth-order valence-electron chi connectivity index (χ4n) is 18.6. The maximum Gasteiger partial charge on any atom is 0.418 e. The lowest BCUT2D eigenvalue weighted by molar-refractivity contribution is -0.265. The van der Waals surface area contributed by atoms with E-state index < -0.39 is 113 Å². The zero-order chi connectivity index (χ0) is 100. The number of hydrogen-bond acceptors (Lipinski definition) is 30. The van der Waals surface area contributed by atoms with Gasteiger partial charge in [-0.15, -0.1) is 5.10 Å². The Morgan fingerprint density at radius 3 is 1.98 bits per heavy atom. The summed E-state index contributed by atoms with van der Waals surface area (Å²) < 4.78 is 131. The number of allylic oxidation sites excluding steroid dienone is 6. The highest BCUT2D eigenvalue weighted by Gasteiger charge is 2.54. The van der Waals surface area contributed by atoms with E-state index in [1.54, 1.807) is 81.0 Å². The highest BCUT2D eigenvalue weighted by atomic mass is 19.4. The Kier molecular flexibility index (Phi) is 43.9. The summed E-state index contributed by atoms with van der Waals surface area (Å²) in [5.74, 6) is -8.70. The van der Waals surface area contributed by atoms with Crippen LogP contribution < -0.4 is 21.1 Å². The number of cyclic esters (lactones) is 1. The van der Waals surface area contributed by atoms with Crippen LogP contribution in [0.5, 0.6) is 5.88 Å². The SMILES string of the molecule is COc1ccc(-c2ccc3ncc4c(c3c2)n(-c2ccc(N3CCN(C(=O)CCOCCOCCOCCOCCOCCOCCOCCOCCn5cc(CCCCO[C@@H]6CC[C@@H](C[C@@H](N)[C@@H]7CC(=O)[C@H](C)/C=C(\C)[C@@H](O)[C@@H](O)C(=O)[C@H](C)C[C@H](C)/C=C/C=C/C=C(\C)[C@@H](OC)C[C@@H]8CC[C@@H](C)[C@@](O)(O8)C(=O)C(=O)N8CCCC[C@H]8C(=O)O7)C[C@H]6OC)nn5)CC3)c(C(F)(F)F)c2)c(=O)n4C)cn1. The van der Waals surface area contributed by atoms with Gasteiger partial charge in [0.1, 0.15) is 30.1 Å². The average Bonchev–Trinajstić information content (AvgIpc) is 1.58. The smallest absolute Gasteiger partial charge is 0.418 e. The molecule has 38 heteroatoms. The zero-order valence-corrected chi connectivity index (χ0v) is 82.6. The van der Waals surface area contributed by atoms with Gasteiger partial charge in [0.05, 0.1) is 190 Å². The van der Waals surface area contributed by atoms with Crippen LogP contribution in [-0.2, 0) is 117 Å². The minimum atomic E-state index is -4.76. The van der Waals surface area contributed by atoms with Gasteiger partial charge in [-0.1, -0.05) is 75.4 Å². The predicted octanol–water partition coefficient (Wildman–Crippen LogP) is 10.0. The minimum absolute atomic E-state index is 0.0189. The summed E-state index contributed by atoms with van der Waals surface area (Å²) in [6.45, 7) is 17.9. The van der Waals surface area contributed by atoms with Crippen LogP contribution in [-0.4, -0.2) is 321 Å². The molecule has 4 aliphatic heterocycles. The molecular weight excluding hydrogens is 1820 g/mol. The highest BCUT2D eigenvalue weighted by Crippen LogP contribution is 2.42. The van der Waals surface area contributed by atoms with Crippen LogP contribution in [0.1, 0.15) is 149 Å². The maximum atomic E-state index is 15.0. The summed E-state index contributed by atoms with van der Waals surface area (Å²) in [7, 11) is 6.27. The number of anilines is 1. The lowest BCUT2D eigenvalue weighted by Gasteiger charge is -2.42. The van der Waals surface area contributed by atoms with Crippen molar-refractivity contribution >= 4 is 62.8 Å². The number of ether oxygens (including phenoxy) is 14. The van der Waals surface area contributed by atoms with Crippen LogP contribution in [0.4, 0.5) is 18.9 Å². The van der Waals surface area contributed by atoms with Crippen molar-refractivity contribution in [3.8, 4) is 22.7 Å². The van der Waals surface area contributed by atoms with Gasteiger partial charge in [0.2, 0.25) is 17.6 Å². The van der Waals surface area contributed by atoms with E-state index in [1.807, 2.05) is 68.6 Å². The van der Waals surface area contributed by atoms with E-state index in [0.717, 1.165) is 46.2 Å². The number of fused-ring (bicyclic) bond motifs is 6. The summed E-state index contributed by atoms with van der Waals surface area (Å²) >= 11 is 0. The Labute approximate surface area is 816 Å². The summed E-state index contributed by atoms with van der Waals surface area (Å²) in [6.07, 6.45) is 11.8. The van der Waals surface area contributed by atoms with Gasteiger partial charge >= 0.3 is 17.8 Å². The van der Waals surface area contributed by atoms with Gasteiger partial charge in [0.25, 0.3) is 11.7 Å². The number of nitrogens with zero attached hydrogens (tertiary/aromatic N) is 10. The van der Waals surface area contributed by atoms with Gasteiger partial charge in [-0.3, -0.25) is 38.1 Å². The molecule has 1 saturated carbocycles. The molecule has 11 rings (SSSR count). The molecule has 772 valence electrons. The molecule has 35 nitrogen and oxygen atoms in total. The fraction of sp³-hybridized carbons (Fsp3) is 0.637. The molecule has 15 atom stereocenters. The molecular formula is C102H144F3N11O24. The molecule has 5 N–H and O–H groups in total. The van der Waals surface area contributed by atoms with Crippen LogP contribution >= 0.6 is 0 Å². The molecule has 140 heavy (non-hydrogen) atoms. The molecule has 2 amide bonds. The van der Waals surface area contributed by atoms with Crippen LogP contribution in [0.2, 0.25) is 0 Å². The van der Waals surface area contributed by atoms with Gasteiger partial charge in [-0.2, -0.15) is 13.2 Å². The number of carbonyl (C=O) groups is 6. The van der Waals surface area contributed by atoms with Gasteiger partial charge in [-0.25, -0.2) is 19.3 Å². The number of hydrogen-bond donors (Lipinski definition) is 4. The number of imidazole rings is 1. The van der Waals surface area contributed by atoms with Crippen molar-refractivity contribution in [2.24, 2.45) is 42.4 Å². The fourth-order valence-corrected chi connectivity index (χ4v) is 18.6. The number of Topliss-reactive ketones (excluding diaryl/α,β-unsaturated/α-hetero) is 3. The van der Waals surface area contributed by atoms with Gasteiger partial charge < -0.3 is 102 Å². The number of piperidine rings is 1. The summed E-state index contributed by atoms with van der Waals surface area (Å²) in [5, 5.41) is 43.9. The number of aryl methyl sites for hydroxylation is 2. The minimum Gasteiger partial charge on any atom is -0.481 e. The van der Waals surface area contributed by atoms with E-state index in [4.69, 9.17) is 72.0 Å². The summed E-state index contributed by atoms with van der Waals surface area (Å²) in [4.78, 5) is 112. The van der Waals surface area contributed by atoms with Crippen LogP contribution in [0, 0.1) is 29.6 Å². The number of benzene rings is 2. The molecule has 6 aromatic rings. The third kappa shape index (κ3) is 31.5. The van der Waals surface area contributed by atoms with Gasteiger partial charge in [0, 0.05) is 132 Å². The van der Waals surface area contributed by atoms with Crippen molar-refractivity contribution in [1.29, 1.82) is 0 Å². The number of methoxy groups -OCH3 is 3. The number of pyridine rings is 2. The van der Waals surface area contributed by atoms with Crippen molar-refractivity contribution < 1.29 is 124 Å². The monoisotopic (exact) mass is 1960 g/mol. The zero-order valence-electron chi connectivity index (χ0n) is 82.6. The van der Waals surface area contributed by atoms with Crippen molar-refractivity contribution in [3.63, 3.8) is 0 Å². The van der Waals surface area contributed by atoms with E-state index in [-0.39, 0.29) is 119 Å². The van der Waals surface area contributed by atoms with Crippen molar-refractivity contribution in [3.05, 3.63) is 136 Å². The van der Waals surface area contributed by atoms with E-state index in [1.165, 1.54) is 41.4 Å². The number of aliphatic hydroxyl groups excluding tert-OH is 2. The second-order valence-electron chi connectivity index (χ2n) is 37.0. The lowest BCUT2D eigenvalue weighted by atomic mass is 9.80. The first kappa shape index (κ1) is 111. The molecule has 8 heterocycles. The standard InChI is InChI=1S/C102H144F3N11O24/c1-67-18-12-11-13-19-68(2)88(127-8)62-78-27-22-72(6)101(126,140-78)97(122)98(123)115-33-16-14-21-84(115)99(124)139-89(63-86(117)69(3)57-71(5)95(120)96(121)94(119)70(4)56-67)81(106)58-73-23-30-87(90(59-73)128-9)138-39-17-15-20-76-66-114(110-109-76)38-41-131-43-45-133-47-49-135-51-53-137-55-54-136-52-50-134-48-46-132-44-42-130-40-32-92(118)113-36-34-112(35-37-113)83-29-26-77(61-80(83)102(103,104)105)116-93-79-60-74(75-25-31-91(129-10)108-64-75)24-28-82(79)107-65-85(93)111(7)100(116)125/h11-13,18-19,24-26,28-29,31,57,60-61,64-67,69-70,72-73,78,81,84,87-90,95-96,120-121,126H,14-17,20-23,27,30,32-56,58-59,62-63,106H2,1-10H3/b13-11+,18-12+,68-19+,71-57+/t67-,69-,70-,72-,73+,78+,81-,84+,87-,88+,89+,90-,95-,96+,101-/m1/s1. The molecule has 0 radical (unpaired) electrons. The first-order chi connectivity index (χ1) is 67.4. The van der Waals surface area contributed by atoms with E-state index in [9.17, 15) is 48.9 Å². The number of amides is 2. The van der Waals surface area contributed by atoms with Crippen molar-refractivity contribution in [2.45, 2.75) is 218 Å². The molecule has 0 unspecified atom stereocenters. The molecule has 0 spiro atoms. The summed E-state index contributed by atoms with van der Waals surface area (Å²) in [5.41, 5.74) is 10.5. The quantitative estimate of drug-likeness (QED) is 0.0120.